The third-order valence-electron chi connectivity index (χ3n) is 2.15. The van der Waals surface area contributed by atoms with Crippen molar-refractivity contribution in [1.29, 1.82) is 0 Å². The molecule has 0 N–H and O–H groups in total. The van der Waals surface area contributed by atoms with Gasteiger partial charge in [-0.3, -0.25) is 4.68 Å². The minimum Gasteiger partial charge on any atom is -0.302 e. The molecule has 14 heavy (non-hydrogen) atoms. The molecule has 0 amide bonds. The lowest BCUT2D eigenvalue weighted by Gasteiger charge is -2.19. The number of aryl methyl sites for hydroxylation is 1. The smallest absolute Gasteiger partial charge is 0.0534 e. The molecule has 1 aromatic rings. The van der Waals surface area contributed by atoms with Gasteiger partial charge in [0.05, 0.1) is 6.20 Å². The second-order valence-electron chi connectivity index (χ2n) is 4.01. The van der Waals surface area contributed by atoms with Crippen LogP contribution in [0.2, 0.25) is 0 Å². The third-order valence-corrected chi connectivity index (χ3v) is 2.77. The molecule has 0 saturated carbocycles. The van der Waals surface area contributed by atoms with E-state index in [0.29, 0.717) is 5.92 Å². The van der Waals surface area contributed by atoms with Crippen LogP contribution < -0.4 is 0 Å². The van der Waals surface area contributed by atoms with Crippen LogP contribution in [0.4, 0.5) is 0 Å². The van der Waals surface area contributed by atoms with Crippen molar-refractivity contribution >= 4 is 12.6 Å². The van der Waals surface area contributed by atoms with Crippen molar-refractivity contribution in [3.63, 3.8) is 0 Å². The monoisotopic (exact) mass is 213 g/mol. The summed E-state index contributed by atoms with van der Waals surface area (Å²) in [6.45, 7) is 4.26. The van der Waals surface area contributed by atoms with Crippen molar-refractivity contribution in [2.24, 2.45) is 13.0 Å². The molecule has 0 bridgehead atoms. The fourth-order valence-corrected chi connectivity index (χ4v) is 1.64. The van der Waals surface area contributed by atoms with Crippen LogP contribution >= 0.6 is 12.6 Å². The number of aromatic nitrogens is 2. The van der Waals surface area contributed by atoms with E-state index in [4.69, 9.17) is 0 Å². The highest BCUT2D eigenvalue weighted by Crippen LogP contribution is 2.05. The summed E-state index contributed by atoms with van der Waals surface area (Å²) >= 11 is 4.28. The molecule has 1 heterocycles. The minimum absolute atomic E-state index is 0.639. The van der Waals surface area contributed by atoms with Crippen LogP contribution in [-0.4, -0.2) is 34.0 Å². The summed E-state index contributed by atoms with van der Waals surface area (Å²) in [4.78, 5) is 2.30. The van der Waals surface area contributed by atoms with E-state index in [0.717, 1.165) is 18.8 Å². The summed E-state index contributed by atoms with van der Waals surface area (Å²) in [6.07, 6.45) is 3.98. The van der Waals surface area contributed by atoms with E-state index in [-0.39, 0.29) is 0 Å². The molecule has 3 nitrogen and oxygen atoms in total. The van der Waals surface area contributed by atoms with Gasteiger partial charge in [0.15, 0.2) is 0 Å². The Labute approximate surface area is 91.5 Å². The van der Waals surface area contributed by atoms with Gasteiger partial charge in [0.1, 0.15) is 0 Å². The zero-order valence-corrected chi connectivity index (χ0v) is 10.0. The lowest BCUT2D eigenvalue weighted by atomic mass is 10.2. The molecule has 1 aromatic heterocycles. The molecule has 0 aliphatic heterocycles. The first-order valence-corrected chi connectivity index (χ1v) is 5.52. The second-order valence-corrected chi connectivity index (χ2v) is 4.37. The Balaban J connectivity index is 2.37. The number of thiol groups is 1. The van der Waals surface area contributed by atoms with Crippen LogP contribution in [0.3, 0.4) is 0 Å². The van der Waals surface area contributed by atoms with Gasteiger partial charge in [0, 0.05) is 31.9 Å². The molecule has 0 saturated heterocycles. The SMILES string of the molecule is CC(CS)CN(C)Cc1cnn(C)c1. The van der Waals surface area contributed by atoms with E-state index in [1.54, 1.807) is 0 Å². The normalized spacial score (nSPS) is 13.5. The number of rotatable bonds is 5. The Morgan fingerprint density at radius 2 is 2.36 bits per heavy atom. The largest absolute Gasteiger partial charge is 0.302 e. The molecule has 0 radical (unpaired) electrons. The number of nitrogens with zero attached hydrogens (tertiary/aromatic N) is 3. The van der Waals surface area contributed by atoms with Crippen molar-refractivity contribution in [2.45, 2.75) is 13.5 Å². The van der Waals surface area contributed by atoms with Crippen molar-refractivity contribution in [2.75, 3.05) is 19.3 Å². The van der Waals surface area contributed by atoms with Crippen LogP contribution in [0.1, 0.15) is 12.5 Å². The average molecular weight is 213 g/mol. The van der Waals surface area contributed by atoms with E-state index < -0.39 is 0 Å². The van der Waals surface area contributed by atoms with E-state index in [2.05, 4.69) is 42.8 Å². The molecule has 80 valence electrons. The van der Waals surface area contributed by atoms with E-state index in [1.165, 1.54) is 5.56 Å². The van der Waals surface area contributed by atoms with Gasteiger partial charge in [0.2, 0.25) is 0 Å². The molecule has 1 atom stereocenters. The highest BCUT2D eigenvalue weighted by molar-refractivity contribution is 7.80. The highest BCUT2D eigenvalue weighted by atomic mass is 32.1. The average Bonchev–Trinajstić information content (AvgIpc) is 2.50. The van der Waals surface area contributed by atoms with Crippen LogP contribution in [0, 0.1) is 5.92 Å². The quantitative estimate of drug-likeness (QED) is 0.747. The summed E-state index contributed by atoms with van der Waals surface area (Å²) in [7, 11) is 4.08. The lowest BCUT2D eigenvalue weighted by Crippen LogP contribution is -2.24. The van der Waals surface area contributed by atoms with Crippen LogP contribution in [0.5, 0.6) is 0 Å². The van der Waals surface area contributed by atoms with E-state index >= 15 is 0 Å². The van der Waals surface area contributed by atoms with Gasteiger partial charge >= 0.3 is 0 Å². The summed E-state index contributed by atoms with van der Waals surface area (Å²) < 4.78 is 1.84. The standard InChI is InChI=1S/C10H19N3S/c1-9(8-14)5-12(2)6-10-4-11-13(3)7-10/h4,7,9,14H,5-6,8H2,1-3H3. The molecular formula is C10H19N3S. The second kappa shape index (κ2) is 5.41. The predicted molar refractivity (Wildman–Crippen MR) is 62.6 cm³/mol. The predicted octanol–water partition coefficient (Wildman–Crippen LogP) is 1.42. The van der Waals surface area contributed by atoms with Crippen molar-refractivity contribution in [3.05, 3.63) is 18.0 Å². The molecule has 4 heteroatoms. The highest BCUT2D eigenvalue weighted by Gasteiger charge is 2.06. The molecule has 0 fully saturated rings. The Morgan fingerprint density at radius 3 is 2.86 bits per heavy atom. The Bertz CT molecular complexity index is 272. The molecule has 0 aromatic carbocycles. The first kappa shape index (κ1) is 11.6. The van der Waals surface area contributed by atoms with Crippen LogP contribution in [0.15, 0.2) is 12.4 Å². The molecular weight excluding hydrogens is 194 g/mol. The molecule has 0 spiro atoms. The first-order valence-electron chi connectivity index (χ1n) is 4.88. The van der Waals surface area contributed by atoms with Crippen molar-refractivity contribution < 1.29 is 0 Å². The summed E-state index contributed by atoms with van der Waals surface area (Å²) in [5.74, 6) is 1.58. The van der Waals surface area contributed by atoms with Crippen LogP contribution in [-0.2, 0) is 13.6 Å². The van der Waals surface area contributed by atoms with Gasteiger partial charge in [-0.2, -0.15) is 17.7 Å². The van der Waals surface area contributed by atoms with Gasteiger partial charge in [-0.1, -0.05) is 6.92 Å². The zero-order chi connectivity index (χ0) is 10.6. The van der Waals surface area contributed by atoms with Gasteiger partial charge in [-0.05, 0) is 18.7 Å². The third kappa shape index (κ3) is 3.72. The summed E-state index contributed by atoms with van der Waals surface area (Å²) in [6, 6.07) is 0. The van der Waals surface area contributed by atoms with Crippen molar-refractivity contribution in [3.8, 4) is 0 Å². The molecule has 0 aliphatic carbocycles. The summed E-state index contributed by atoms with van der Waals surface area (Å²) in [5, 5.41) is 4.14. The van der Waals surface area contributed by atoms with Crippen LogP contribution in [0.25, 0.3) is 0 Å². The number of hydrogen-bond acceptors (Lipinski definition) is 3. The first-order chi connectivity index (χ1) is 6.61. The Hall–Kier alpha value is -0.480. The Morgan fingerprint density at radius 1 is 1.64 bits per heavy atom. The maximum Gasteiger partial charge on any atom is 0.0534 e. The Kier molecular flexibility index (Phi) is 4.48. The fourth-order valence-electron chi connectivity index (χ4n) is 1.52. The number of hydrogen-bond donors (Lipinski definition) is 1. The maximum atomic E-state index is 4.28. The molecule has 1 rings (SSSR count). The van der Waals surface area contributed by atoms with Gasteiger partial charge in [-0.25, -0.2) is 0 Å². The fraction of sp³-hybridized carbons (Fsp3) is 0.700. The lowest BCUT2D eigenvalue weighted by molar-refractivity contribution is 0.290. The van der Waals surface area contributed by atoms with E-state index in [1.807, 2.05) is 17.9 Å². The minimum atomic E-state index is 0.639. The zero-order valence-electron chi connectivity index (χ0n) is 9.14. The topological polar surface area (TPSA) is 21.1 Å². The van der Waals surface area contributed by atoms with Crippen molar-refractivity contribution in [1.82, 2.24) is 14.7 Å². The summed E-state index contributed by atoms with van der Waals surface area (Å²) in [5.41, 5.74) is 1.27. The van der Waals surface area contributed by atoms with Gasteiger partial charge in [0.25, 0.3) is 0 Å². The van der Waals surface area contributed by atoms with Gasteiger partial charge < -0.3 is 4.90 Å². The molecule has 1 unspecified atom stereocenters. The maximum absolute atomic E-state index is 4.28. The van der Waals surface area contributed by atoms with E-state index in [9.17, 15) is 0 Å². The van der Waals surface area contributed by atoms with Gasteiger partial charge in [-0.15, -0.1) is 0 Å². The molecule has 0 aliphatic rings.